The highest BCUT2D eigenvalue weighted by atomic mass is 79.9. The van der Waals surface area contributed by atoms with E-state index in [2.05, 4.69) is 25.9 Å². The van der Waals surface area contributed by atoms with Crippen LogP contribution in [0.1, 0.15) is 19.8 Å². The summed E-state index contributed by atoms with van der Waals surface area (Å²) in [6, 6.07) is 0.332. The number of likely N-dealkylation sites (tertiary alicyclic amines) is 1. The van der Waals surface area contributed by atoms with E-state index in [4.69, 9.17) is 9.47 Å². The van der Waals surface area contributed by atoms with Crippen LogP contribution in [0.5, 0.6) is 6.01 Å². The molecule has 0 aliphatic carbocycles. The zero-order valence-corrected chi connectivity index (χ0v) is 12.3. The maximum atomic E-state index is 11.7. The van der Waals surface area contributed by atoms with Gasteiger partial charge in [-0.05, 0) is 35.7 Å². The molecule has 19 heavy (non-hydrogen) atoms. The van der Waals surface area contributed by atoms with Crippen molar-refractivity contribution in [1.29, 1.82) is 0 Å². The van der Waals surface area contributed by atoms with Crippen LogP contribution in [0.3, 0.4) is 0 Å². The highest BCUT2D eigenvalue weighted by Gasteiger charge is 2.26. The number of aromatic nitrogens is 2. The van der Waals surface area contributed by atoms with Gasteiger partial charge in [0.25, 0.3) is 0 Å². The topological polar surface area (TPSA) is 64.5 Å². The lowest BCUT2D eigenvalue weighted by Crippen LogP contribution is -2.44. The lowest BCUT2D eigenvalue weighted by atomic mass is 10.1. The number of amides is 1. The van der Waals surface area contributed by atoms with Crippen LogP contribution in [0.2, 0.25) is 0 Å². The molecular weight excluding hydrogens is 314 g/mol. The molecule has 2 rings (SSSR count). The maximum absolute atomic E-state index is 11.7. The Morgan fingerprint density at radius 2 is 2.26 bits per heavy atom. The molecule has 1 aliphatic heterocycles. The Hall–Kier alpha value is -1.37. The number of nitrogens with zero attached hydrogens (tertiary/aromatic N) is 3. The van der Waals surface area contributed by atoms with E-state index in [9.17, 15) is 4.79 Å². The maximum Gasteiger partial charge on any atom is 0.409 e. The Morgan fingerprint density at radius 1 is 1.53 bits per heavy atom. The van der Waals surface area contributed by atoms with Gasteiger partial charge >= 0.3 is 12.1 Å². The van der Waals surface area contributed by atoms with Gasteiger partial charge in [0.05, 0.1) is 17.6 Å². The predicted octanol–water partition coefficient (Wildman–Crippen LogP) is 2.24. The van der Waals surface area contributed by atoms with Crippen molar-refractivity contribution in [3.63, 3.8) is 0 Å². The molecule has 0 N–H and O–H groups in total. The molecule has 0 aromatic carbocycles. The quantitative estimate of drug-likeness (QED) is 0.850. The van der Waals surface area contributed by atoms with Crippen LogP contribution in [0.25, 0.3) is 0 Å². The van der Waals surface area contributed by atoms with Gasteiger partial charge in [0.1, 0.15) is 6.10 Å². The normalized spacial score (nSPS) is 19.1. The summed E-state index contributed by atoms with van der Waals surface area (Å²) in [6.07, 6.45) is 4.67. The third kappa shape index (κ3) is 4.05. The fourth-order valence-electron chi connectivity index (χ4n) is 1.93. The fourth-order valence-corrected chi connectivity index (χ4v) is 2.13. The summed E-state index contributed by atoms with van der Waals surface area (Å²) < 4.78 is 11.5. The van der Waals surface area contributed by atoms with Crippen LogP contribution in [-0.4, -0.2) is 46.8 Å². The highest BCUT2D eigenvalue weighted by Crippen LogP contribution is 2.16. The summed E-state index contributed by atoms with van der Waals surface area (Å²) in [5.41, 5.74) is 0. The van der Waals surface area contributed by atoms with Gasteiger partial charge in [-0.2, -0.15) is 0 Å². The standard InChI is InChI=1S/C12H16BrN3O3/c1-2-18-12(17)16-5-3-4-10(8-16)19-11-14-6-9(13)7-15-11/h6-7,10H,2-5,8H2,1H3/t10-/m1/s1. The second-order valence-corrected chi connectivity index (χ2v) is 5.13. The van der Waals surface area contributed by atoms with Gasteiger partial charge in [-0.3, -0.25) is 0 Å². The van der Waals surface area contributed by atoms with E-state index < -0.39 is 0 Å². The van der Waals surface area contributed by atoms with E-state index >= 15 is 0 Å². The van der Waals surface area contributed by atoms with Crippen LogP contribution < -0.4 is 4.74 Å². The van der Waals surface area contributed by atoms with Crippen molar-refractivity contribution in [2.24, 2.45) is 0 Å². The summed E-state index contributed by atoms with van der Waals surface area (Å²) in [5.74, 6) is 0. The minimum absolute atomic E-state index is 0.0840. The molecule has 1 aliphatic rings. The van der Waals surface area contributed by atoms with E-state index in [0.29, 0.717) is 25.7 Å². The first-order chi connectivity index (χ1) is 9.19. The van der Waals surface area contributed by atoms with Gasteiger partial charge in [0.15, 0.2) is 0 Å². The van der Waals surface area contributed by atoms with Crippen molar-refractivity contribution in [2.75, 3.05) is 19.7 Å². The molecular formula is C12H16BrN3O3. The number of rotatable bonds is 3. The molecule has 0 saturated carbocycles. The number of carbonyl (C=O) groups excluding carboxylic acids is 1. The molecule has 0 bridgehead atoms. The van der Waals surface area contributed by atoms with E-state index in [1.165, 1.54) is 0 Å². The van der Waals surface area contributed by atoms with E-state index in [-0.39, 0.29) is 12.2 Å². The first kappa shape index (κ1) is 14.0. The van der Waals surface area contributed by atoms with Crippen molar-refractivity contribution in [3.8, 4) is 6.01 Å². The zero-order chi connectivity index (χ0) is 13.7. The van der Waals surface area contributed by atoms with Crippen molar-refractivity contribution < 1.29 is 14.3 Å². The largest absolute Gasteiger partial charge is 0.458 e. The molecule has 1 saturated heterocycles. The van der Waals surface area contributed by atoms with Gasteiger partial charge < -0.3 is 14.4 Å². The molecule has 1 atom stereocenters. The van der Waals surface area contributed by atoms with Crippen molar-refractivity contribution in [1.82, 2.24) is 14.9 Å². The van der Waals surface area contributed by atoms with Crippen molar-refractivity contribution >= 4 is 22.0 Å². The van der Waals surface area contributed by atoms with Gasteiger partial charge in [0, 0.05) is 18.9 Å². The Balaban J connectivity index is 1.90. The number of hydrogen-bond acceptors (Lipinski definition) is 5. The first-order valence-electron chi connectivity index (χ1n) is 6.25. The summed E-state index contributed by atoms with van der Waals surface area (Å²) in [5, 5.41) is 0. The Morgan fingerprint density at radius 3 is 2.95 bits per heavy atom. The lowest BCUT2D eigenvalue weighted by Gasteiger charge is -2.31. The third-order valence-corrected chi connectivity index (χ3v) is 3.18. The lowest BCUT2D eigenvalue weighted by molar-refractivity contribution is 0.0575. The molecule has 0 spiro atoms. The van der Waals surface area contributed by atoms with E-state index in [1.807, 2.05) is 0 Å². The molecule has 104 valence electrons. The van der Waals surface area contributed by atoms with Crippen LogP contribution in [-0.2, 0) is 4.74 Å². The highest BCUT2D eigenvalue weighted by molar-refractivity contribution is 9.10. The van der Waals surface area contributed by atoms with Crippen molar-refractivity contribution in [2.45, 2.75) is 25.9 Å². The summed E-state index contributed by atoms with van der Waals surface area (Å²) in [7, 11) is 0. The minimum atomic E-state index is -0.285. The first-order valence-corrected chi connectivity index (χ1v) is 7.04. The average molecular weight is 330 g/mol. The number of ether oxygens (including phenoxy) is 2. The van der Waals surface area contributed by atoms with E-state index in [0.717, 1.165) is 17.3 Å². The molecule has 1 fully saturated rings. The molecule has 1 amide bonds. The summed E-state index contributed by atoms with van der Waals surface area (Å²) >= 11 is 3.27. The minimum Gasteiger partial charge on any atom is -0.458 e. The van der Waals surface area contributed by atoms with Crippen LogP contribution in [0.4, 0.5) is 4.79 Å². The van der Waals surface area contributed by atoms with Crippen molar-refractivity contribution in [3.05, 3.63) is 16.9 Å². The van der Waals surface area contributed by atoms with Gasteiger partial charge in [0.2, 0.25) is 0 Å². The molecule has 1 aromatic heterocycles. The van der Waals surface area contributed by atoms with Crippen LogP contribution >= 0.6 is 15.9 Å². The average Bonchev–Trinajstić information content (AvgIpc) is 2.42. The molecule has 7 heteroatoms. The predicted molar refractivity (Wildman–Crippen MR) is 72.0 cm³/mol. The number of hydrogen-bond donors (Lipinski definition) is 0. The Labute approximate surface area is 120 Å². The molecule has 0 unspecified atom stereocenters. The van der Waals surface area contributed by atoms with Gasteiger partial charge in [-0.1, -0.05) is 0 Å². The molecule has 0 radical (unpaired) electrons. The molecule has 6 nitrogen and oxygen atoms in total. The molecule has 2 heterocycles. The number of carbonyl (C=O) groups is 1. The number of halogens is 1. The summed E-state index contributed by atoms with van der Waals surface area (Å²) in [4.78, 5) is 21.4. The second-order valence-electron chi connectivity index (χ2n) is 4.21. The van der Waals surface area contributed by atoms with E-state index in [1.54, 1.807) is 24.2 Å². The Bertz CT molecular complexity index is 427. The Kier molecular flexibility index (Phi) is 4.95. The van der Waals surface area contributed by atoms with Crippen LogP contribution in [0, 0.1) is 0 Å². The molecule has 1 aromatic rings. The smallest absolute Gasteiger partial charge is 0.409 e. The zero-order valence-electron chi connectivity index (χ0n) is 10.7. The SMILES string of the molecule is CCOC(=O)N1CCC[C@@H](Oc2ncc(Br)cn2)C1. The fraction of sp³-hybridized carbons (Fsp3) is 0.583. The third-order valence-electron chi connectivity index (χ3n) is 2.77. The second kappa shape index (κ2) is 6.70. The van der Waals surface area contributed by atoms with Gasteiger partial charge in [-0.25, -0.2) is 14.8 Å². The van der Waals surface area contributed by atoms with Gasteiger partial charge in [-0.15, -0.1) is 0 Å². The van der Waals surface area contributed by atoms with Crippen LogP contribution in [0.15, 0.2) is 16.9 Å². The summed E-state index contributed by atoms with van der Waals surface area (Å²) in [6.45, 7) is 3.40. The monoisotopic (exact) mass is 329 g/mol. The number of piperidine rings is 1.